The topological polar surface area (TPSA) is 52.6 Å². The molecule has 1 amide bonds. The zero-order valence-corrected chi connectivity index (χ0v) is 9.81. The third kappa shape index (κ3) is 1.69. The molecule has 2 aliphatic rings. The van der Waals surface area contributed by atoms with Crippen molar-refractivity contribution in [2.24, 2.45) is 5.92 Å². The van der Waals surface area contributed by atoms with Crippen LogP contribution in [0.4, 0.5) is 5.69 Å². The molecule has 0 bridgehead atoms. The molecule has 2 fully saturated rings. The predicted octanol–water partition coefficient (Wildman–Crippen LogP) is 1.80. The Morgan fingerprint density at radius 2 is 2.12 bits per heavy atom. The molecular weight excluding hydrogens is 216 g/mol. The Balaban J connectivity index is 1.90. The monoisotopic (exact) mass is 232 g/mol. The zero-order chi connectivity index (χ0) is 12.0. The molecule has 2 N–H and O–H groups in total. The second-order valence-electron chi connectivity index (χ2n) is 5.20. The fourth-order valence-corrected chi connectivity index (χ4v) is 2.55. The minimum atomic E-state index is -0.140. The van der Waals surface area contributed by atoms with E-state index in [1.807, 2.05) is 6.07 Å². The van der Waals surface area contributed by atoms with Crippen molar-refractivity contribution in [3.63, 3.8) is 0 Å². The highest BCUT2D eigenvalue weighted by atomic mass is 16.3. The van der Waals surface area contributed by atoms with E-state index in [0.29, 0.717) is 18.0 Å². The van der Waals surface area contributed by atoms with Gasteiger partial charge in [-0.2, -0.15) is 0 Å². The van der Waals surface area contributed by atoms with E-state index in [9.17, 15) is 9.90 Å². The molecule has 0 aromatic heterocycles. The van der Waals surface area contributed by atoms with E-state index in [1.54, 1.807) is 18.2 Å². The average molecular weight is 232 g/mol. The molecule has 1 atom stereocenters. The summed E-state index contributed by atoms with van der Waals surface area (Å²) in [5.41, 5.74) is 3.66. The Kier molecular flexibility index (Phi) is 2.16. The number of hydrogen-bond acceptors (Lipinski definition) is 3. The van der Waals surface area contributed by atoms with Gasteiger partial charge in [0.25, 0.3) is 0 Å². The molecule has 3 rings (SSSR count). The number of rotatable bonds is 2. The van der Waals surface area contributed by atoms with Crippen molar-refractivity contribution < 1.29 is 9.90 Å². The van der Waals surface area contributed by atoms with Crippen molar-refractivity contribution in [2.75, 3.05) is 5.01 Å². The number of hydrogen-bond donors (Lipinski definition) is 2. The lowest BCUT2D eigenvalue weighted by atomic mass is 9.94. The number of benzene rings is 1. The number of anilines is 1. The number of para-hydroxylation sites is 2. The van der Waals surface area contributed by atoms with Crippen LogP contribution in [0.5, 0.6) is 5.75 Å². The first-order valence-electron chi connectivity index (χ1n) is 5.99. The summed E-state index contributed by atoms with van der Waals surface area (Å²) >= 11 is 0. The van der Waals surface area contributed by atoms with Gasteiger partial charge in [-0.1, -0.05) is 12.1 Å². The quantitative estimate of drug-likeness (QED) is 0.817. The molecule has 1 saturated heterocycles. The van der Waals surface area contributed by atoms with Crippen LogP contribution >= 0.6 is 0 Å². The van der Waals surface area contributed by atoms with Crippen LogP contribution in [0.15, 0.2) is 24.3 Å². The van der Waals surface area contributed by atoms with E-state index < -0.39 is 0 Å². The summed E-state index contributed by atoms with van der Waals surface area (Å²) in [6.07, 6.45) is 2.88. The molecule has 90 valence electrons. The fourth-order valence-electron chi connectivity index (χ4n) is 2.55. The molecule has 4 nitrogen and oxygen atoms in total. The number of carbonyl (C=O) groups excluding carboxylic acids is 1. The Labute approximate surface area is 100 Å². The Morgan fingerprint density at radius 3 is 2.76 bits per heavy atom. The lowest BCUT2D eigenvalue weighted by Crippen LogP contribution is -2.45. The Bertz CT molecular complexity index is 470. The third-order valence-corrected chi connectivity index (χ3v) is 3.74. The summed E-state index contributed by atoms with van der Waals surface area (Å²) in [6.45, 7) is 2.09. The van der Waals surface area contributed by atoms with E-state index in [1.165, 1.54) is 17.9 Å². The number of hydrazine groups is 1. The zero-order valence-electron chi connectivity index (χ0n) is 9.81. The molecule has 4 heteroatoms. The van der Waals surface area contributed by atoms with Crippen molar-refractivity contribution >= 4 is 11.6 Å². The Morgan fingerprint density at radius 1 is 1.41 bits per heavy atom. The van der Waals surface area contributed by atoms with E-state index in [4.69, 9.17) is 0 Å². The van der Waals surface area contributed by atoms with Gasteiger partial charge in [0.1, 0.15) is 11.4 Å². The van der Waals surface area contributed by atoms with Gasteiger partial charge in [-0.15, -0.1) is 0 Å². The molecular formula is C13H16N2O2. The fraction of sp³-hybridized carbons (Fsp3) is 0.462. The maximum absolute atomic E-state index is 12.0. The number of amides is 1. The summed E-state index contributed by atoms with van der Waals surface area (Å²) in [7, 11) is 0. The van der Waals surface area contributed by atoms with Crippen LogP contribution < -0.4 is 10.4 Å². The van der Waals surface area contributed by atoms with Crippen LogP contribution in [0.25, 0.3) is 0 Å². The SMILES string of the molecule is CC1(C2CC2)CC(=O)N(c2ccccc2O)N1. The minimum Gasteiger partial charge on any atom is -0.506 e. The molecule has 1 saturated carbocycles. The maximum Gasteiger partial charge on any atom is 0.243 e. The van der Waals surface area contributed by atoms with Crippen molar-refractivity contribution in [3.05, 3.63) is 24.3 Å². The smallest absolute Gasteiger partial charge is 0.243 e. The van der Waals surface area contributed by atoms with E-state index in [2.05, 4.69) is 12.3 Å². The van der Waals surface area contributed by atoms with Gasteiger partial charge in [0.05, 0.1) is 0 Å². The van der Waals surface area contributed by atoms with Crippen molar-refractivity contribution in [3.8, 4) is 5.75 Å². The van der Waals surface area contributed by atoms with E-state index in [0.717, 1.165) is 0 Å². The van der Waals surface area contributed by atoms with Crippen LogP contribution in [0, 0.1) is 5.92 Å². The van der Waals surface area contributed by atoms with E-state index in [-0.39, 0.29) is 17.2 Å². The molecule has 1 unspecified atom stereocenters. The molecule has 1 aliphatic carbocycles. The first kappa shape index (κ1) is 10.6. The second kappa shape index (κ2) is 3.47. The first-order chi connectivity index (χ1) is 8.10. The van der Waals surface area contributed by atoms with Gasteiger partial charge in [-0.05, 0) is 37.8 Å². The van der Waals surface area contributed by atoms with Crippen molar-refractivity contribution in [2.45, 2.75) is 31.7 Å². The normalized spacial score (nSPS) is 28.8. The minimum absolute atomic E-state index is 0.0286. The molecule has 1 heterocycles. The van der Waals surface area contributed by atoms with Gasteiger partial charge in [0.15, 0.2) is 0 Å². The molecule has 1 aliphatic heterocycles. The Hall–Kier alpha value is -1.55. The van der Waals surface area contributed by atoms with Crippen LogP contribution in [0.2, 0.25) is 0 Å². The first-order valence-corrected chi connectivity index (χ1v) is 5.99. The largest absolute Gasteiger partial charge is 0.506 e. The number of aromatic hydroxyl groups is 1. The molecule has 1 aromatic carbocycles. The van der Waals surface area contributed by atoms with Crippen molar-refractivity contribution in [1.82, 2.24) is 5.43 Å². The summed E-state index contributed by atoms with van der Waals surface area (Å²) in [5.74, 6) is 0.747. The number of phenols is 1. The van der Waals surface area contributed by atoms with Gasteiger partial charge in [-0.25, -0.2) is 10.4 Å². The second-order valence-corrected chi connectivity index (χ2v) is 5.20. The van der Waals surface area contributed by atoms with Crippen LogP contribution in [0.3, 0.4) is 0 Å². The molecule has 17 heavy (non-hydrogen) atoms. The van der Waals surface area contributed by atoms with Crippen molar-refractivity contribution in [1.29, 1.82) is 0 Å². The molecule has 1 aromatic rings. The highest BCUT2D eigenvalue weighted by Crippen LogP contribution is 2.45. The van der Waals surface area contributed by atoms with Crippen LogP contribution in [-0.2, 0) is 4.79 Å². The predicted molar refractivity (Wildman–Crippen MR) is 64.5 cm³/mol. The maximum atomic E-state index is 12.0. The highest BCUT2D eigenvalue weighted by molar-refractivity contribution is 5.97. The molecule has 0 radical (unpaired) electrons. The van der Waals surface area contributed by atoms with Crippen LogP contribution in [-0.4, -0.2) is 16.6 Å². The summed E-state index contributed by atoms with van der Waals surface area (Å²) in [6, 6.07) is 6.91. The summed E-state index contributed by atoms with van der Waals surface area (Å²) in [5, 5.41) is 11.3. The number of nitrogens with zero attached hydrogens (tertiary/aromatic N) is 1. The lowest BCUT2D eigenvalue weighted by Gasteiger charge is -2.26. The van der Waals surface area contributed by atoms with Gasteiger partial charge < -0.3 is 5.11 Å². The van der Waals surface area contributed by atoms with Gasteiger partial charge >= 0.3 is 0 Å². The highest BCUT2D eigenvalue weighted by Gasteiger charge is 2.49. The van der Waals surface area contributed by atoms with Gasteiger partial charge in [0, 0.05) is 12.0 Å². The summed E-state index contributed by atoms with van der Waals surface area (Å²) in [4.78, 5) is 12.0. The summed E-state index contributed by atoms with van der Waals surface area (Å²) < 4.78 is 0. The number of nitrogens with one attached hydrogen (secondary N) is 1. The number of carbonyl (C=O) groups is 1. The van der Waals surface area contributed by atoms with E-state index >= 15 is 0 Å². The van der Waals surface area contributed by atoms with Crippen LogP contribution in [0.1, 0.15) is 26.2 Å². The van der Waals surface area contributed by atoms with Gasteiger partial charge in [0.2, 0.25) is 5.91 Å². The standard InChI is InChI=1S/C13H16N2O2/c1-13(9-6-7-9)8-12(17)15(14-13)10-4-2-3-5-11(10)16/h2-5,9,14,16H,6-8H2,1H3. The molecule has 0 spiro atoms. The number of phenolic OH excluding ortho intramolecular Hbond substituents is 1. The third-order valence-electron chi connectivity index (χ3n) is 3.74. The van der Waals surface area contributed by atoms with Gasteiger partial charge in [-0.3, -0.25) is 4.79 Å². The average Bonchev–Trinajstić information content (AvgIpc) is 3.07. The lowest BCUT2D eigenvalue weighted by molar-refractivity contribution is -0.117.